The number of carbonyl (C=O) groups is 3. The summed E-state index contributed by atoms with van der Waals surface area (Å²) in [5, 5.41) is 3.12. The van der Waals surface area contributed by atoms with Crippen molar-refractivity contribution in [2.45, 2.75) is 18.9 Å². The average molecular weight is 423 g/mol. The molecule has 7 heteroatoms. The highest BCUT2D eigenvalue weighted by Gasteiger charge is 2.31. The maximum Gasteiger partial charge on any atom is 0.260 e. The third-order valence-electron chi connectivity index (χ3n) is 5.93. The van der Waals surface area contributed by atoms with Crippen LogP contribution in [-0.4, -0.2) is 62.0 Å². The lowest BCUT2D eigenvalue weighted by Gasteiger charge is -2.29. The predicted molar refractivity (Wildman–Crippen MR) is 115 cm³/mol. The largest absolute Gasteiger partial charge is 0.370 e. The van der Waals surface area contributed by atoms with Crippen LogP contribution in [0.5, 0.6) is 0 Å². The summed E-state index contributed by atoms with van der Waals surface area (Å²) >= 11 is 0. The van der Waals surface area contributed by atoms with Gasteiger partial charge in [-0.25, -0.2) is 0 Å². The zero-order valence-electron chi connectivity index (χ0n) is 17.5. The van der Waals surface area contributed by atoms with Gasteiger partial charge in [-0.2, -0.15) is 0 Å². The fourth-order valence-electron chi connectivity index (χ4n) is 4.20. The minimum absolute atomic E-state index is 0.0847. The molecule has 0 saturated carbocycles. The van der Waals surface area contributed by atoms with Gasteiger partial charge in [0.05, 0.1) is 19.6 Å². The summed E-state index contributed by atoms with van der Waals surface area (Å²) < 4.78 is 5.44. The second kappa shape index (κ2) is 9.85. The summed E-state index contributed by atoms with van der Waals surface area (Å²) in [7, 11) is 0. The number of ether oxygens (including phenoxy) is 1. The third-order valence-corrected chi connectivity index (χ3v) is 5.93. The van der Waals surface area contributed by atoms with Gasteiger partial charge in [0.1, 0.15) is 25.7 Å². The van der Waals surface area contributed by atoms with Crippen LogP contribution in [0.25, 0.3) is 0 Å². The summed E-state index contributed by atoms with van der Waals surface area (Å²) in [6.07, 6.45) is 0.276. The fraction of sp³-hybridized carbons (Fsp3) is 0.375. The van der Waals surface area contributed by atoms with Gasteiger partial charge in [0, 0.05) is 18.5 Å². The molecule has 2 N–H and O–H groups in total. The number of fused-ring (bicyclic) bond motifs is 1. The molecule has 4 rings (SSSR count). The molecule has 2 aromatic rings. The molecule has 162 valence electrons. The Labute approximate surface area is 182 Å². The van der Waals surface area contributed by atoms with Crippen molar-refractivity contribution in [3.63, 3.8) is 0 Å². The van der Waals surface area contributed by atoms with Crippen molar-refractivity contribution in [2.24, 2.45) is 0 Å². The monoisotopic (exact) mass is 422 g/mol. The highest BCUT2D eigenvalue weighted by Crippen LogP contribution is 2.20. The van der Waals surface area contributed by atoms with Crippen molar-refractivity contribution in [1.82, 2.24) is 10.2 Å². The van der Waals surface area contributed by atoms with Gasteiger partial charge in [0.25, 0.3) is 5.91 Å². The first-order valence-electron chi connectivity index (χ1n) is 10.8. The van der Waals surface area contributed by atoms with E-state index in [9.17, 15) is 14.4 Å². The van der Waals surface area contributed by atoms with Gasteiger partial charge in [-0.05, 0) is 17.2 Å². The Morgan fingerprint density at radius 2 is 1.74 bits per heavy atom. The summed E-state index contributed by atoms with van der Waals surface area (Å²) in [6, 6.07) is 16.9. The molecule has 0 unspecified atom stereocenters. The molecule has 7 nitrogen and oxygen atoms in total. The SMILES string of the molecule is O=C(CCN1C(=O)Cc2ccccc2C1=O)N[C@@H](C[NH+]1CCOCC1)c1ccccc1. The lowest BCUT2D eigenvalue weighted by Crippen LogP contribution is -3.14. The van der Waals surface area contributed by atoms with Crippen LogP contribution in [0.3, 0.4) is 0 Å². The predicted octanol–water partition coefficient (Wildman–Crippen LogP) is 0.374. The van der Waals surface area contributed by atoms with E-state index >= 15 is 0 Å². The number of nitrogens with zero attached hydrogens (tertiary/aromatic N) is 1. The first-order valence-corrected chi connectivity index (χ1v) is 10.8. The second-order valence-corrected chi connectivity index (χ2v) is 8.03. The number of hydrogen-bond acceptors (Lipinski definition) is 4. The van der Waals surface area contributed by atoms with Crippen molar-refractivity contribution >= 4 is 17.7 Å². The number of carbonyl (C=O) groups excluding carboxylic acids is 3. The Kier molecular flexibility index (Phi) is 6.74. The van der Waals surface area contributed by atoms with Crippen LogP contribution in [0.15, 0.2) is 54.6 Å². The molecule has 2 aliphatic heterocycles. The first-order chi connectivity index (χ1) is 15.1. The van der Waals surface area contributed by atoms with Crippen LogP contribution in [0.1, 0.15) is 33.9 Å². The number of quaternary nitrogens is 1. The van der Waals surface area contributed by atoms with E-state index in [1.165, 1.54) is 9.80 Å². The standard InChI is InChI=1S/C24H27N3O4/c28-22(10-11-27-23(29)16-19-8-4-5-9-20(19)24(27)30)25-21(18-6-2-1-3-7-18)17-26-12-14-31-15-13-26/h1-9,21H,10-17H2,(H,25,28)/p+1/t21-/m0/s1. The molecule has 0 radical (unpaired) electrons. The van der Waals surface area contributed by atoms with E-state index in [1.807, 2.05) is 36.4 Å². The van der Waals surface area contributed by atoms with Gasteiger partial charge < -0.3 is 15.0 Å². The number of nitrogens with one attached hydrogen (secondary N) is 2. The zero-order chi connectivity index (χ0) is 21.6. The highest BCUT2D eigenvalue weighted by molar-refractivity contribution is 6.09. The van der Waals surface area contributed by atoms with Gasteiger partial charge in [0.15, 0.2) is 0 Å². The van der Waals surface area contributed by atoms with Crippen LogP contribution in [0.4, 0.5) is 0 Å². The van der Waals surface area contributed by atoms with Gasteiger partial charge in [-0.1, -0.05) is 48.5 Å². The lowest BCUT2D eigenvalue weighted by molar-refractivity contribution is -0.909. The molecule has 1 atom stereocenters. The Balaban J connectivity index is 1.38. The molecule has 1 fully saturated rings. The highest BCUT2D eigenvalue weighted by atomic mass is 16.5. The number of rotatable bonds is 7. The Bertz CT molecular complexity index is 941. The van der Waals surface area contributed by atoms with Crippen LogP contribution >= 0.6 is 0 Å². The maximum atomic E-state index is 12.8. The number of amides is 3. The van der Waals surface area contributed by atoms with Crippen LogP contribution in [-0.2, 0) is 20.7 Å². The minimum atomic E-state index is -0.322. The molecular formula is C24H28N3O4+. The third kappa shape index (κ3) is 5.18. The summed E-state index contributed by atoms with van der Waals surface area (Å²) in [4.78, 5) is 40.5. The van der Waals surface area contributed by atoms with Gasteiger partial charge in [-0.3, -0.25) is 19.3 Å². The number of imide groups is 1. The fourth-order valence-corrected chi connectivity index (χ4v) is 4.20. The Morgan fingerprint density at radius 3 is 2.52 bits per heavy atom. The minimum Gasteiger partial charge on any atom is -0.370 e. The maximum absolute atomic E-state index is 12.8. The summed E-state index contributed by atoms with van der Waals surface area (Å²) in [5.74, 6) is -0.744. The molecule has 0 aromatic heterocycles. The smallest absolute Gasteiger partial charge is 0.260 e. The van der Waals surface area contributed by atoms with E-state index in [-0.39, 0.29) is 43.1 Å². The van der Waals surface area contributed by atoms with Crippen LogP contribution in [0, 0.1) is 0 Å². The molecule has 3 amide bonds. The Morgan fingerprint density at radius 1 is 1.03 bits per heavy atom. The quantitative estimate of drug-likeness (QED) is 0.632. The van der Waals surface area contributed by atoms with Crippen molar-refractivity contribution in [3.05, 3.63) is 71.3 Å². The van der Waals surface area contributed by atoms with Crippen molar-refractivity contribution in [3.8, 4) is 0 Å². The normalized spacial score (nSPS) is 17.9. The van der Waals surface area contributed by atoms with E-state index in [2.05, 4.69) is 5.32 Å². The van der Waals surface area contributed by atoms with Crippen LogP contribution < -0.4 is 10.2 Å². The average Bonchev–Trinajstić information content (AvgIpc) is 2.80. The molecular weight excluding hydrogens is 394 g/mol. The van der Waals surface area contributed by atoms with Gasteiger partial charge in [0.2, 0.25) is 11.8 Å². The van der Waals surface area contributed by atoms with E-state index in [4.69, 9.17) is 4.74 Å². The lowest BCUT2D eigenvalue weighted by atomic mass is 9.98. The molecule has 2 aliphatic rings. The molecule has 0 spiro atoms. The second-order valence-electron chi connectivity index (χ2n) is 8.03. The number of hydrogen-bond donors (Lipinski definition) is 2. The molecule has 1 saturated heterocycles. The Hall–Kier alpha value is -3.03. The van der Waals surface area contributed by atoms with E-state index in [0.717, 1.165) is 44.0 Å². The van der Waals surface area contributed by atoms with Crippen molar-refractivity contribution in [1.29, 1.82) is 0 Å². The molecule has 0 aliphatic carbocycles. The van der Waals surface area contributed by atoms with E-state index in [1.54, 1.807) is 18.2 Å². The van der Waals surface area contributed by atoms with Crippen molar-refractivity contribution in [2.75, 3.05) is 39.4 Å². The molecule has 31 heavy (non-hydrogen) atoms. The molecule has 2 aromatic carbocycles. The molecule has 0 bridgehead atoms. The summed E-state index contributed by atoms with van der Waals surface area (Å²) in [5.41, 5.74) is 2.34. The summed E-state index contributed by atoms with van der Waals surface area (Å²) in [6.45, 7) is 4.14. The van der Waals surface area contributed by atoms with Gasteiger partial charge >= 0.3 is 0 Å². The van der Waals surface area contributed by atoms with E-state index in [0.29, 0.717) is 5.56 Å². The topological polar surface area (TPSA) is 80.2 Å². The molecule has 2 heterocycles. The van der Waals surface area contributed by atoms with Crippen LogP contribution in [0.2, 0.25) is 0 Å². The number of benzene rings is 2. The first kappa shape index (κ1) is 21.2. The number of morpholine rings is 1. The van der Waals surface area contributed by atoms with Crippen molar-refractivity contribution < 1.29 is 24.0 Å². The zero-order valence-corrected chi connectivity index (χ0v) is 17.5. The van der Waals surface area contributed by atoms with Gasteiger partial charge in [-0.15, -0.1) is 0 Å². The van der Waals surface area contributed by atoms with E-state index < -0.39 is 0 Å².